The molecule has 17 heteroatoms. The van der Waals surface area contributed by atoms with E-state index in [2.05, 4.69) is 36.4 Å². The summed E-state index contributed by atoms with van der Waals surface area (Å²) in [6.45, 7) is 1.79. The highest BCUT2D eigenvalue weighted by molar-refractivity contribution is 9.10. The Kier molecular flexibility index (Phi) is 7.94. The number of rotatable bonds is 9. The van der Waals surface area contributed by atoms with E-state index in [4.69, 9.17) is 4.74 Å². The van der Waals surface area contributed by atoms with E-state index in [1.165, 1.54) is 52.7 Å². The quantitative estimate of drug-likeness (QED) is 0.123. The number of imidazole rings is 2. The zero-order valence-corrected chi connectivity index (χ0v) is 25.6. The van der Waals surface area contributed by atoms with Gasteiger partial charge in [0.1, 0.15) is 18.5 Å². The average Bonchev–Trinajstić information content (AvgIpc) is 3.51. The zero-order chi connectivity index (χ0) is 31.2. The second-order valence-corrected chi connectivity index (χ2v) is 10.7. The van der Waals surface area contributed by atoms with Gasteiger partial charge in [0.05, 0.1) is 13.1 Å². The first kappa shape index (κ1) is 29.7. The largest absolute Gasteiger partial charge is 0.491 e. The third kappa shape index (κ3) is 5.20. The highest BCUT2D eigenvalue weighted by Gasteiger charge is 2.22. The van der Waals surface area contributed by atoms with Crippen molar-refractivity contribution in [2.45, 2.75) is 26.1 Å². The molecule has 0 saturated heterocycles. The van der Waals surface area contributed by atoms with Crippen LogP contribution in [0.25, 0.3) is 22.3 Å². The molecule has 0 unspecified atom stereocenters. The summed E-state index contributed by atoms with van der Waals surface area (Å²) in [5.41, 5.74) is 2.11. The monoisotopic (exact) mass is 656 g/mol. The summed E-state index contributed by atoms with van der Waals surface area (Å²) in [6, 6.07) is 7.38. The highest BCUT2D eigenvalue weighted by Crippen LogP contribution is 2.19. The average molecular weight is 657 g/mol. The molecule has 5 aromatic rings. The number of halogens is 1. The normalized spacial score (nSPS) is 12.5. The number of anilines is 1. The molecule has 1 aromatic carbocycles. The van der Waals surface area contributed by atoms with E-state index < -0.39 is 28.6 Å². The number of aliphatic hydroxyl groups is 1. The molecular formula is C26H29BrN10O6. The van der Waals surface area contributed by atoms with Crippen LogP contribution in [0.5, 0.6) is 5.75 Å². The maximum Gasteiger partial charge on any atom is 0.332 e. The van der Waals surface area contributed by atoms with Crippen molar-refractivity contribution in [1.82, 2.24) is 37.4 Å². The molecule has 0 spiro atoms. The van der Waals surface area contributed by atoms with Crippen LogP contribution in [0.2, 0.25) is 0 Å². The summed E-state index contributed by atoms with van der Waals surface area (Å²) >= 11 is 3.33. The number of para-hydroxylation sites is 1. The van der Waals surface area contributed by atoms with Crippen LogP contribution in [-0.4, -0.2) is 61.4 Å². The second kappa shape index (κ2) is 11.5. The first-order chi connectivity index (χ1) is 20.4. The van der Waals surface area contributed by atoms with E-state index in [9.17, 15) is 24.3 Å². The third-order valence-electron chi connectivity index (χ3n) is 7.09. The van der Waals surface area contributed by atoms with Gasteiger partial charge in [0.2, 0.25) is 5.95 Å². The van der Waals surface area contributed by atoms with E-state index in [0.29, 0.717) is 10.5 Å². The van der Waals surface area contributed by atoms with Crippen molar-refractivity contribution in [1.29, 1.82) is 0 Å². The molecule has 226 valence electrons. The number of aryl methyl sites for hydroxylation is 3. The van der Waals surface area contributed by atoms with Crippen molar-refractivity contribution < 1.29 is 9.84 Å². The van der Waals surface area contributed by atoms with Crippen LogP contribution in [0.1, 0.15) is 5.56 Å². The van der Waals surface area contributed by atoms with Gasteiger partial charge < -0.3 is 19.0 Å². The first-order valence-electron chi connectivity index (χ1n) is 13.0. The molecule has 5 rings (SSSR count). The molecular weight excluding hydrogens is 628 g/mol. The standard InChI is InChI=1S/C26H29BrN10O6/c1-14-8-6-7-9-16(14)43-13-15(38)12-37-18-20(33(3)26(42)35(5)22(18)40)30-24(37)31-28-10-11-36-17-19(29-23(36)27)32(2)25(41)34(4)21(17)39/h6-10,15,38H,11-13H2,1-5H3,(H,30,31)/b28-10-/t15-/m0/s1. The van der Waals surface area contributed by atoms with Crippen LogP contribution in [0.15, 0.2) is 53.3 Å². The molecule has 0 aliphatic heterocycles. The Hall–Kier alpha value is -4.77. The van der Waals surface area contributed by atoms with Crippen LogP contribution in [0.3, 0.4) is 0 Å². The van der Waals surface area contributed by atoms with Crippen molar-refractivity contribution >= 4 is 50.4 Å². The number of hydrogen-bond donors (Lipinski definition) is 2. The molecule has 16 nitrogen and oxygen atoms in total. The zero-order valence-electron chi connectivity index (χ0n) is 24.0. The molecule has 0 aliphatic rings. The minimum absolute atomic E-state index is 0.0709. The molecule has 4 heterocycles. The van der Waals surface area contributed by atoms with Gasteiger partial charge in [-0.2, -0.15) is 10.1 Å². The van der Waals surface area contributed by atoms with E-state index in [0.717, 1.165) is 14.7 Å². The fraction of sp³-hybridized carbons (Fsp3) is 0.346. The van der Waals surface area contributed by atoms with Crippen molar-refractivity contribution in [2.75, 3.05) is 12.0 Å². The lowest BCUT2D eigenvalue weighted by Gasteiger charge is -2.16. The van der Waals surface area contributed by atoms with Gasteiger partial charge in [0.15, 0.2) is 27.1 Å². The summed E-state index contributed by atoms with van der Waals surface area (Å²) < 4.78 is 13.5. The number of aliphatic hydroxyl groups excluding tert-OH is 1. The molecule has 4 aromatic heterocycles. The lowest BCUT2D eigenvalue weighted by Crippen LogP contribution is -2.38. The van der Waals surface area contributed by atoms with Crippen molar-refractivity contribution in [3.05, 3.63) is 76.2 Å². The smallest absolute Gasteiger partial charge is 0.332 e. The third-order valence-corrected chi connectivity index (χ3v) is 7.69. The fourth-order valence-electron chi connectivity index (χ4n) is 4.69. The lowest BCUT2D eigenvalue weighted by molar-refractivity contribution is 0.0935. The Morgan fingerprint density at radius 3 is 2.14 bits per heavy atom. The molecule has 0 aliphatic carbocycles. The molecule has 2 N–H and O–H groups in total. The maximum atomic E-state index is 13.1. The molecule has 0 saturated carbocycles. The van der Waals surface area contributed by atoms with Gasteiger partial charge in [0, 0.05) is 34.4 Å². The number of hydrazone groups is 1. The summed E-state index contributed by atoms with van der Waals surface area (Å²) in [4.78, 5) is 59.5. The summed E-state index contributed by atoms with van der Waals surface area (Å²) in [7, 11) is 5.75. The van der Waals surface area contributed by atoms with Crippen molar-refractivity contribution in [3.8, 4) is 5.75 Å². The predicted molar refractivity (Wildman–Crippen MR) is 163 cm³/mol. The van der Waals surface area contributed by atoms with Gasteiger partial charge in [-0.15, -0.1) is 0 Å². The fourth-order valence-corrected chi connectivity index (χ4v) is 5.18. The van der Waals surface area contributed by atoms with E-state index >= 15 is 0 Å². The van der Waals surface area contributed by atoms with Gasteiger partial charge in [0.25, 0.3) is 11.1 Å². The molecule has 0 amide bonds. The Balaban J connectivity index is 1.46. The van der Waals surface area contributed by atoms with Crippen molar-refractivity contribution in [2.24, 2.45) is 33.3 Å². The Morgan fingerprint density at radius 1 is 0.930 bits per heavy atom. The number of benzene rings is 1. The molecule has 43 heavy (non-hydrogen) atoms. The summed E-state index contributed by atoms with van der Waals surface area (Å²) in [5.74, 6) is 0.707. The number of nitrogens with one attached hydrogen (secondary N) is 1. The Morgan fingerprint density at radius 2 is 1.51 bits per heavy atom. The topological polar surface area (TPSA) is 177 Å². The molecule has 0 radical (unpaired) electrons. The number of ether oxygens (including phenoxy) is 1. The predicted octanol–water partition coefficient (Wildman–Crippen LogP) is -0.210. The minimum Gasteiger partial charge on any atom is -0.491 e. The Bertz CT molecular complexity index is 2150. The Labute approximate surface area is 250 Å². The summed E-state index contributed by atoms with van der Waals surface area (Å²) in [6.07, 6.45) is 0.384. The number of aromatic nitrogens is 8. The number of nitrogens with zero attached hydrogens (tertiary/aromatic N) is 9. The van der Waals surface area contributed by atoms with Gasteiger partial charge in [-0.1, -0.05) is 18.2 Å². The molecule has 0 fully saturated rings. The van der Waals surface area contributed by atoms with Gasteiger partial charge in [-0.05, 0) is 34.5 Å². The van der Waals surface area contributed by atoms with Crippen LogP contribution in [0, 0.1) is 6.92 Å². The van der Waals surface area contributed by atoms with Crippen LogP contribution in [-0.2, 0) is 41.3 Å². The van der Waals surface area contributed by atoms with E-state index in [1.807, 2.05) is 25.1 Å². The molecule has 1 atom stereocenters. The van der Waals surface area contributed by atoms with Gasteiger partial charge in [-0.3, -0.25) is 27.9 Å². The minimum atomic E-state index is -1.06. The van der Waals surface area contributed by atoms with Crippen LogP contribution < -0.4 is 32.7 Å². The van der Waals surface area contributed by atoms with Crippen LogP contribution in [0.4, 0.5) is 5.95 Å². The van der Waals surface area contributed by atoms with Gasteiger partial charge in [-0.25, -0.2) is 20.0 Å². The number of hydrogen-bond acceptors (Lipinski definition) is 10. The first-order valence-corrected chi connectivity index (χ1v) is 13.8. The number of fused-ring (bicyclic) bond motifs is 2. The van der Waals surface area contributed by atoms with E-state index in [-0.39, 0.29) is 48.0 Å². The van der Waals surface area contributed by atoms with E-state index in [1.54, 1.807) is 6.07 Å². The highest BCUT2D eigenvalue weighted by atomic mass is 79.9. The molecule has 0 bridgehead atoms. The van der Waals surface area contributed by atoms with Gasteiger partial charge >= 0.3 is 11.4 Å². The SMILES string of the molecule is Cc1ccccc1OC[C@@H](O)Cn1c(N/N=C\Cn2c(Br)nc3c2c(=O)n(C)c(=O)n3C)nc2c1c(=O)n(C)c(=O)n2C. The lowest BCUT2D eigenvalue weighted by atomic mass is 10.2. The summed E-state index contributed by atoms with van der Waals surface area (Å²) in [5, 5.41) is 15.1. The second-order valence-electron chi connectivity index (χ2n) is 9.95. The van der Waals surface area contributed by atoms with Crippen molar-refractivity contribution in [3.63, 3.8) is 0 Å². The maximum absolute atomic E-state index is 13.1. The van der Waals surface area contributed by atoms with Crippen LogP contribution >= 0.6 is 15.9 Å².